The Balaban J connectivity index is 2.42. The second-order valence-corrected chi connectivity index (χ2v) is 3.78. The van der Waals surface area contributed by atoms with Crippen LogP contribution < -0.4 is 4.90 Å². The van der Waals surface area contributed by atoms with Crippen LogP contribution in [0.1, 0.15) is 19.3 Å². The summed E-state index contributed by atoms with van der Waals surface area (Å²) in [6, 6.07) is 1.44. The highest BCUT2D eigenvalue weighted by Crippen LogP contribution is 2.26. The molecule has 1 fully saturated rings. The van der Waals surface area contributed by atoms with E-state index in [0.717, 1.165) is 18.9 Å². The Morgan fingerprint density at radius 2 is 1.88 bits per heavy atom. The molecule has 1 heterocycles. The summed E-state index contributed by atoms with van der Waals surface area (Å²) in [7, 11) is 0. The monoisotopic (exact) mass is 228 g/mol. The molecule has 5 heteroatoms. The molecular formula is C11H11F3N2. The Bertz CT molecular complexity index is 431. The summed E-state index contributed by atoms with van der Waals surface area (Å²) in [5, 5.41) is 7.64. The standard InChI is InChI=1S/C11H11F3N2/c12-7-5-8(13)11(14)9(6-7)16-4-2-1-3-10(16)15/h5-6,15H,1-4H2. The van der Waals surface area contributed by atoms with Crippen LogP contribution in [-0.2, 0) is 0 Å². The fraction of sp³-hybridized carbons (Fsp3) is 0.364. The summed E-state index contributed by atoms with van der Waals surface area (Å²) in [4.78, 5) is 1.32. The summed E-state index contributed by atoms with van der Waals surface area (Å²) in [5.74, 6) is -2.93. The fourth-order valence-corrected chi connectivity index (χ4v) is 1.84. The molecule has 1 aliphatic heterocycles. The number of nitrogens with one attached hydrogen (secondary N) is 1. The zero-order chi connectivity index (χ0) is 11.7. The number of halogens is 3. The van der Waals surface area contributed by atoms with Crippen molar-refractivity contribution < 1.29 is 13.2 Å². The van der Waals surface area contributed by atoms with Crippen molar-refractivity contribution in [2.75, 3.05) is 11.4 Å². The Morgan fingerprint density at radius 3 is 2.56 bits per heavy atom. The maximum atomic E-state index is 13.5. The molecule has 0 atom stereocenters. The van der Waals surface area contributed by atoms with Gasteiger partial charge in [0, 0.05) is 25.1 Å². The predicted octanol–water partition coefficient (Wildman–Crippen LogP) is 3.07. The van der Waals surface area contributed by atoms with Crippen molar-refractivity contribution in [2.45, 2.75) is 19.3 Å². The molecule has 2 nitrogen and oxygen atoms in total. The third-order valence-electron chi connectivity index (χ3n) is 2.64. The van der Waals surface area contributed by atoms with Gasteiger partial charge in [0.05, 0.1) is 5.69 Å². The van der Waals surface area contributed by atoms with Crippen LogP contribution in [0.15, 0.2) is 12.1 Å². The Hall–Kier alpha value is -1.52. The maximum absolute atomic E-state index is 13.5. The minimum atomic E-state index is -1.21. The lowest BCUT2D eigenvalue weighted by molar-refractivity contribution is 0.494. The predicted molar refractivity (Wildman–Crippen MR) is 55.2 cm³/mol. The van der Waals surface area contributed by atoms with Gasteiger partial charge in [0.15, 0.2) is 11.6 Å². The van der Waals surface area contributed by atoms with Crippen molar-refractivity contribution in [3.05, 3.63) is 29.6 Å². The second kappa shape index (κ2) is 4.15. The first-order valence-corrected chi connectivity index (χ1v) is 5.09. The lowest BCUT2D eigenvalue weighted by atomic mass is 10.1. The SMILES string of the molecule is N=C1CCCCN1c1cc(F)cc(F)c1F. The first-order chi connectivity index (χ1) is 7.59. The first kappa shape index (κ1) is 11.0. The van der Waals surface area contributed by atoms with Crippen LogP contribution in [0.5, 0.6) is 0 Å². The molecule has 0 saturated carbocycles. The zero-order valence-electron chi connectivity index (χ0n) is 8.56. The van der Waals surface area contributed by atoms with Gasteiger partial charge in [0.1, 0.15) is 11.7 Å². The number of amidine groups is 1. The van der Waals surface area contributed by atoms with Gasteiger partial charge in [-0.15, -0.1) is 0 Å². The smallest absolute Gasteiger partial charge is 0.182 e. The van der Waals surface area contributed by atoms with E-state index in [4.69, 9.17) is 5.41 Å². The van der Waals surface area contributed by atoms with Gasteiger partial charge in [-0.2, -0.15) is 0 Å². The topological polar surface area (TPSA) is 27.1 Å². The molecule has 0 aliphatic carbocycles. The van der Waals surface area contributed by atoms with E-state index in [1.54, 1.807) is 0 Å². The number of piperidine rings is 1. The Morgan fingerprint density at radius 1 is 1.12 bits per heavy atom. The highest BCUT2D eigenvalue weighted by atomic mass is 19.2. The molecule has 1 aliphatic rings. The number of benzene rings is 1. The molecule has 2 rings (SSSR count). The molecule has 0 amide bonds. The first-order valence-electron chi connectivity index (χ1n) is 5.09. The zero-order valence-corrected chi connectivity index (χ0v) is 8.56. The van der Waals surface area contributed by atoms with Crippen LogP contribution in [0, 0.1) is 22.9 Å². The van der Waals surface area contributed by atoms with Gasteiger partial charge in [-0.3, -0.25) is 5.41 Å². The van der Waals surface area contributed by atoms with Crippen LogP contribution >= 0.6 is 0 Å². The van der Waals surface area contributed by atoms with Crippen molar-refractivity contribution >= 4 is 11.5 Å². The molecule has 0 radical (unpaired) electrons. The second-order valence-electron chi connectivity index (χ2n) is 3.78. The lowest BCUT2D eigenvalue weighted by Gasteiger charge is -2.29. The van der Waals surface area contributed by atoms with Gasteiger partial charge in [-0.25, -0.2) is 13.2 Å². The highest BCUT2D eigenvalue weighted by molar-refractivity contribution is 5.96. The molecular weight excluding hydrogens is 217 g/mol. The molecule has 16 heavy (non-hydrogen) atoms. The number of nitrogens with zero attached hydrogens (tertiary/aromatic N) is 1. The van der Waals surface area contributed by atoms with Crippen LogP contribution in [0.25, 0.3) is 0 Å². The average Bonchev–Trinajstić information content (AvgIpc) is 2.24. The Labute approximate surface area is 91.2 Å². The van der Waals surface area contributed by atoms with Crippen molar-refractivity contribution in [3.8, 4) is 0 Å². The average molecular weight is 228 g/mol. The van der Waals surface area contributed by atoms with E-state index in [2.05, 4.69) is 0 Å². The highest BCUT2D eigenvalue weighted by Gasteiger charge is 2.22. The van der Waals surface area contributed by atoms with Gasteiger partial charge in [-0.05, 0) is 12.8 Å². The van der Waals surface area contributed by atoms with Crippen LogP contribution in [0.3, 0.4) is 0 Å². The molecule has 1 aromatic rings. The number of rotatable bonds is 1. The molecule has 1 aromatic carbocycles. The van der Waals surface area contributed by atoms with E-state index in [-0.39, 0.29) is 11.5 Å². The molecule has 1 N–H and O–H groups in total. The van der Waals surface area contributed by atoms with Crippen LogP contribution in [0.4, 0.5) is 18.9 Å². The molecule has 0 aromatic heterocycles. The normalized spacial score (nSPS) is 16.7. The Kier molecular flexibility index (Phi) is 2.85. The minimum Gasteiger partial charge on any atom is -0.328 e. The summed E-state index contributed by atoms with van der Waals surface area (Å²) in [5.41, 5.74) is -0.179. The van der Waals surface area contributed by atoms with E-state index in [1.807, 2.05) is 0 Å². The summed E-state index contributed by atoms with van der Waals surface area (Å²) in [6.07, 6.45) is 2.16. The number of hydrogen-bond acceptors (Lipinski definition) is 1. The maximum Gasteiger partial charge on any atom is 0.182 e. The number of anilines is 1. The molecule has 86 valence electrons. The molecule has 0 unspecified atom stereocenters. The van der Waals surface area contributed by atoms with Crippen LogP contribution in [-0.4, -0.2) is 12.4 Å². The summed E-state index contributed by atoms with van der Waals surface area (Å²) >= 11 is 0. The third kappa shape index (κ3) is 1.89. The van der Waals surface area contributed by atoms with Gasteiger partial charge >= 0.3 is 0 Å². The lowest BCUT2D eigenvalue weighted by Crippen LogP contribution is -2.35. The van der Waals surface area contributed by atoms with Gasteiger partial charge in [0.2, 0.25) is 0 Å². The molecule has 0 spiro atoms. The van der Waals surface area contributed by atoms with Gasteiger partial charge in [0.25, 0.3) is 0 Å². The summed E-state index contributed by atoms with van der Waals surface area (Å²) < 4.78 is 39.5. The van der Waals surface area contributed by atoms with E-state index >= 15 is 0 Å². The van der Waals surface area contributed by atoms with E-state index in [9.17, 15) is 13.2 Å². The van der Waals surface area contributed by atoms with Crippen molar-refractivity contribution in [1.82, 2.24) is 0 Å². The van der Waals surface area contributed by atoms with E-state index in [0.29, 0.717) is 19.0 Å². The number of hydrogen-bond donors (Lipinski definition) is 1. The molecule has 0 bridgehead atoms. The molecule has 1 saturated heterocycles. The van der Waals surface area contributed by atoms with E-state index in [1.165, 1.54) is 4.90 Å². The van der Waals surface area contributed by atoms with Crippen molar-refractivity contribution in [1.29, 1.82) is 5.41 Å². The summed E-state index contributed by atoms with van der Waals surface area (Å²) in [6.45, 7) is 0.429. The van der Waals surface area contributed by atoms with Crippen molar-refractivity contribution in [2.24, 2.45) is 0 Å². The third-order valence-corrected chi connectivity index (χ3v) is 2.64. The largest absolute Gasteiger partial charge is 0.328 e. The van der Waals surface area contributed by atoms with Crippen molar-refractivity contribution in [3.63, 3.8) is 0 Å². The van der Waals surface area contributed by atoms with Crippen LogP contribution in [0.2, 0.25) is 0 Å². The van der Waals surface area contributed by atoms with E-state index < -0.39 is 17.5 Å². The fourth-order valence-electron chi connectivity index (χ4n) is 1.84. The van der Waals surface area contributed by atoms with Gasteiger partial charge in [-0.1, -0.05) is 0 Å². The van der Waals surface area contributed by atoms with Gasteiger partial charge < -0.3 is 4.90 Å². The quantitative estimate of drug-likeness (QED) is 0.735. The minimum absolute atomic E-state index is 0.179.